The quantitative estimate of drug-likeness (QED) is 0.447. The van der Waals surface area contributed by atoms with Crippen LogP contribution in [0.4, 0.5) is 5.82 Å². The van der Waals surface area contributed by atoms with E-state index in [1.165, 1.54) is 47.9 Å². The third-order valence-corrected chi connectivity index (χ3v) is 6.94. The standard InChI is InChI=1S/C24H30N4OS/c1-2-3-4-7-14-25-23(29)18-12-10-17(11-13-18)15-26-22-21-19-8-5-6-9-20(19)30-24(21)28-16-27-22/h10-13,16H,2-9,14-15H2,1H3,(H,25,29)(H,26,27,28). The van der Waals surface area contributed by atoms with E-state index in [1.54, 1.807) is 6.33 Å². The van der Waals surface area contributed by atoms with Crippen LogP contribution >= 0.6 is 11.3 Å². The summed E-state index contributed by atoms with van der Waals surface area (Å²) >= 11 is 1.82. The van der Waals surface area contributed by atoms with Gasteiger partial charge in [0.05, 0.1) is 5.39 Å². The lowest BCUT2D eigenvalue weighted by atomic mass is 9.97. The van der Waals surface area contributed by atoms with Crippen LogP contribution in [-0.2, 0) is 19.4 Å². The molecule has 2 aromatic heterocycles. The van der Waals surface area contributed by atoms with E-state index < -0.39 is 0 Å². The minimum atomic E-state index is 0.00779. The van der Waals surface area contributed by atoms with Gasteiger partial charge in [0.2, 0.25) is 0 Å². The fraction of sp³-hybridized carbons (Fsp3) is 0.458. The van der Waals surface area contributed by atoms with Crippen molar-refractivity contribution < 1.29 is 4.79 Å². The molecular formula is C24H30N4OS. The summed E-state index contributed by atoms with van der Waals surface area (Å²) in [5, 5.41) is 7.71. The zero-order valence-electron chi connectivity index (χ0n) is 17.7. The van der Waals surface area contributed by atoms with Crippen molar-refractivity contribution in [2.45, 2.75) is 64.8 Å². The van der Waals surface area contributed by atoms with Crippen molar-refractivity contribution in [2.24, 2.45) is 0 Å². The van der Waals surface area contributed by atoms with Crippen molar-refractivity contribution in [3.63, 3.8) is 0 Å². The third-order valence-electron chi connectivity index (χ3n) is 5.74. The van der Waals surface area contributed by atoms with E-state index in [0.29, 0.717) is 12.1 Å². The number of hydrogen-bond acceptors (Lipinski definition) is 5. The number of nitrogens with one attached hydrogen (secondary N) is 2. The van der Waals surface area contributed by atoms with Crippen LogP contribution in [0.1, 0.15) is 71.8 Å². The number of rotatable bonds is 9. The molecule has 0 spiro atoms. The summed E-state index contributed by atoms with van der Waals surface area (Å²) in [6, 6.07) is 7.84. The number of carbonyl (C=O) groups excluding carboxylic acids is 1. The minimum Gasteiger partial charge on any atom is -0.365 e. The molecule has 0 unspecified atom stereocenters. The van der Waals surface area contributed by atoms with E-state index >= 15 is 0 Å². The molecule has 0 saturated carbocycles. The summed E-state index contributed by atoms with van der Waals surface area (Å²) < 4.78 is 0. The fourth-order valence-electron chi connectivity index (χ4n) is 4.04. The monoisotopic (exact) mass is 422 g/mol. The predicted molar refractivity (Wildman–Crippen MR) is 124 cm³/mol. The maximum Gasteiger partial charge on any atom is 0.251 e. The van der Waals surface area contributed by atoms with Gasteiger partial charge in [-0.2, -0.15) is 0 Å². The van der Waals surface area contributed by atoms with Crippen molar-refractivity contribution in [3.05, 3.63) is 52.2 Å². The predicted octanol–water partition coefficient (Wildman–Crippen LogP) is 5.49. The molecule has 1 aliphatic rings. The smallest absolute Gasteiger partial charge is 0.251 e. The summed E-state index contributed by atoms with van der Waals surface area (Å²) in [7, 11) is 0. The van der Waals surface area contributed by atoms with Gasteiger partial charge < -0.3 is 10.6 Å². The molecule has 30 heavy (non-hydrogen) atoms. The number of carbonyl (C=O) groups is 1. The lowest BCUT2D eigenvalue weighted by Gasteiger charge is -2.12. The van der Waals surface area contributed by atoms with E-state index in [9.17, 15) is 4.79 Å². The molecule has 6 heteroatoms. The molecule has 0 atom stereocenters. The van der Waals surface area contributed by atoms with E-state index in [1.807, 2.05) is 35.6 Å². The molecular weight excluding hydrogens is 392 g/mol. The van der Waals surface area contributed by atoms with Crippen LogP contribution in [-0.4, -0.2) is 22.4 Å². The van der Waals surface area contributed by atoms with E-state index in [-0.39, 0.29) is 5.91 Å². The van der Waals surface area contributed by atoms with E-state index in [0.717, 1.165) is 42.0 Å². The van der Waals surface area contributed by atoms with Gasteiger partial charge in [-0.3, -0.25) is 4.79 Å². The van der Waals surface area contributed by atoms with Gasteiger partial charge >= 0.3 is 0 Å². The molecule has 1 aliphatic carbocycles. The third kappa shape index (κ3) is 4.81. The molecule has 2 heterocycles. The molecule has 5 nitrogen and oxygen atoms in total. The highest BCUT2D eigenvalue weighted by Crippen LogP contribution is 2.38. The molecule has 1 aromatic carbocycles. The average Bonchev–Trinajstić information content (AvgIpc) is 3.17. The Bertz CT molecular complexity index is 996. The summed E-state index contributed by atoms with van der Waals surface area (Å²) in [4.78, 5) is 23.9. The summed E-state index contributed by atoms with van der Waals surface area (Å²) in [6.07, 6.45) is 11.1. The molecule has 2 N–H and O–H groups in total. The van der Waals surface area contributed by atoms with Crippen LogP contribution in [0, 0.1) is 0 Å². The molecule has 1 amide bonds. The number of thiophene rings is 1. The molecule has 4 rings (SSSR count). The van der Waals surface area contributed by atoms with E-state index in [4.69, 9.17) is 0 Å². The van der Waals surface area contributed by atoms with Gasteiger partial charge in [0.1, 0.15) is 17.0 Å². The normalized spacial score (nSPS) is 13.2. The number of anilines is 1. The average molecular weight is 423 g/mol. The zero-order chi connectivity index (χ0) is 20.8. The Morgan fingerprint density at radius 2 is 1.90 bits per heavy atom. The first-order chi connectivity index (χ1) is 14.8. The van der Waals surface area contributed by atoms with Gasteiger partial charge in [-0.1, -0.05) is 38.3 Å². The number of aryl methyl sites for hydroxylation is 2. The highest BCUT2D eigenvalue weighted by molar-refractivity contribution is 7.19. The second-order valence-electron chi connectivity index (χ2n) is 7.98. The maximum absolute atomic E-state index is 12.3. The van der Waals surface area contributed by atoms with Gasteiger partial charge in [0.25, 0.3) is 5.91 Å². The molecule has 3 aromatic rings. The molecule has 0 saturated heterocycles. The van der Waals surface area contributed by atoms with Crippen LogP contribution in [0.2, 0.25) is 0 Å². The lowest BCUT2D eigenvalue weighted by Crippen LogP contribution is -2.24. The van der Waals surface area contributed by atoms with E-state index in [2.05, 4.69) is 27.5 Å². The fourth-order valence-corrected chi connectivity index (χ4v) is 5.27. The molecule has 0 fully saturated rings. The second-order valence-corrected chi connectivity index (χ2v) is 9.06. The van der Waals surface area contributed by atoms with Crippen LogP contribution in [0.5, 0.6) is 0 Å². The van der Waals surface area contributed by atoms with Gasteiger partial charge in [-0.15, -0.1) is 11.3 Å². The van der Waals surface area contributed by atoms with Crippen molar-refractivity contribution in [1.29, 1.82) is 0 Å². The van der Waals surface area contributed by atoms with Gasteiger partial charge in [-0.25, -0.2) is 9.97 Å². The maximum atomic E-state index is 12.3. The van der Waals surface area contributed by atoms with Crippen LogP contribution in [0.25, 0.3) is 10.2 Å². The van der Waals surface area contributed by atoms with Crippen LogP contribution in [0.15, 0.2) is 30.6 Å². The van der Waals surface area contributed by atoms with Crippen molar-refractivity contribution >= 4 is 33.3 Å². The Hall–Kier alpha value is -2.47. The number of aromatic nitrogens is 2. The first-order valence-electron chi connectivity index (χ1n) is 11.1. The number of benzene rings is 1. The second kappa shape index (κ2) is 10.0. The summed E-state index contributed by atoms with van der Waals surface area (Å²) in [6.45, 7) is 3.61. The Balaban J connectivity index is 1.37. The summed E-state index contributed by atoms with van der Waals surface area (Å²) in [5.41, 5.74) is 3.28. The SMILES string of the molecule is CCCCCCNC(=O)c1ccc(CNc2ncnc3sc4c(c23)CCCC4)cc1. The van der Waals surface area contributed by atoms with Crippen molar-refractivity contribution in [3.8, 4) is 0 Å². The Kier molecular flexibility index (Phi) is 6.95. The first kappa shape index (κ1) is 20.8. The number of nitrogens with zero attached hydrogens (tertiary/aromatic N) is 2. The number of amides is 1. The van der Waals surface area contributed by atoms with Crippen molar-refractivity contribution in [1.82, 2.24) is 15.3 Å². The highest BCUT2D eigenvalue weighted by atomic mass is 32.1. The molecule has 0 radical (unpaired) electrons. The molecule has 0 aliphatic heterocycles. The zero-order valence-corrected chi connectivity index (χ0v) is 18.5. The highest BCUT2D eigenvalue weighted by Gasteiger charge is 2.19. The number of hydrogen-bond donors (Lipinski definition) is 2. The van der Waals surface area contributed by atoms with Crippen molar-refractivity contribution in [2.75, 3.05) is 11.9 Å². The Morgan fingerprint density at radius 1 is 1.07 bits per heavy atom. The first-order valence-corrected chi connectivity index (χ1v) is 11.9. The summed E-state index contributed by atoms with van der Waals surface area (Å²) in [5.74, 6) is 0.932. The van der Waals surface area contributed by atoms with Crippen LogP contribution < -0.4 is 10.6 Å². The largest absolute Gasteiger partial charge is 0.365 e. The topological polar surface area (TPSA) is 66.9 Å². The number of unbranched alkanes of at least 4 members (excludes halogenated alkanes) is 3. The van der Waals surface area contributed by atoms with Gasteiger partial charge in [-0.05, 0) is 55.4 Å². The minimum absolute atomic E-state index is 0.00779. The van der Waals surface area contributed by atoms with Gasteiger partial charge in [0, 0.05) is 23.5 Å². The lowest BCUT2D eigenvalue weighted by molar-refractivity contribution is 0.0953. The molecule has 158 valence electrons. The Labute approximate surface area is 182 Å². The van der Waals surface area contributed by atoms with Gasteiger partial charge in [0.15, 0.2) is 0 Å². The Morgan fingerprint density at radius 3 is 2.73 bits per heavy atom. The van der Waals surface area contributed by atoms with Crippen LogP contribution in [0.3, 0.4) is 0 Å². The molecule has 0 bridgehead atoms. The number of fused-ring (bicyclic) bond motifs is 3.